The Balaban J connectivity index is 1.54. The summed E-state index contributed by atoms with van der Waals surface area (Å²) < 4.78 is 12.8. The Morgan fingerprint density at radius 2 is 2.15 bits per heavy atom. The van der Waals surface area contributed by atoms with Gasteiger partial charge in [0.15, 0.2) is 0 Å². The monoisotopic (exact) mass is 366 g/mol. The van der Waals surface area contributed by atoms with E-state index in [-0.39, 0.29) is 11.9 Å². The van der Waals surface area contributed by atoms with Crippen molar-refractivity contribution >= 4 is 16.8 Å². The van der Waals surface area contributed by atoms with E-state index >= 15 is 0 Å². The molecule has 0 saturated carbocycles. The number of amides is 1. The van der Waals surface area contributed by atoms with Crippen LogP contribution in [0.4, 0.5) is 0 Å². The Morgan fingerprint density at radius 3 is 2.93 bits per heavy atom. The van der Waals surface area contributed by atoms with Crippen LogP contribution < -0.4 is 10.1 Å². The first-order valence-corrected chi connectivity index (χ1v) is 9.09. The summed E-state index contributed by atoms with van der Waals surface area (Å²) in [6.45, 7) is 1.74. The Hall–Kier alpha value is -2.93. The third kappa shape index (κ3) is 3.93. The lowest BCUT2D eigenvalue weighted by Crippen LogP contribution is -2.39. The fourth-order valence-corrected chi connectivity index (χ4v) is 3.27. The molecule has 0 atom stereocenters. The summed E-state index contributed by atoms with van der Waals surface area (Å²) in [5, 5.41) is 8.33. The summed E-state index contributed by atoms with van der Waals surface area (Å²) >= 11 is 0. The van der Waals surface area contributed by atoms with Gasteiger partial charge in [-0.1, -0.05) is 6.07 Å². The molecular weight excluding hydrogens is 344 g/mol. The maximum atomic E-state index is 12.8. The molecular formula is C20H22N4O3. The highest BCUT2D eigenvalue weighted by Gasteiger charge is 2.22. The molecule has 0 aliphatic carbocycles. The fraction of sp³-hybridized carbons (Fsp3) is 0.350. The predicted octanol–water partition coefficient (Wildman–Crippen LogP) is 2.46. The van der Waals surface area contributed by atoms with Crippen LogP contribution in [0.15, 0.2) is 42.6 Å². The highest BCUT2D eigenvalue weighted by molar-refractivity contribution is 6.05. The number of pyridine rings is 1. The zero-order valence-electron chi connectivity index (χ0n) is 15.2. The van der Waals surface area contributed by atoms with Gasteiger partial charge < -0.3 is 14.8 Å². The maximum absolute atomic E-state index is 12.8. The van der Waals surface area contributed by atoms with Crippen molar-refractivity contribution in [3.05, 3.63) is 54.0 Å². The van der Waals surface area contributed by atoms with Crippen molar-refractivity contribution in [3.8, 4) is 5.75 Å². The average molecular weight is 366 g/mol. The van der Waals surface area contributed by atoms with E-state index < -0.39 is 0 Å². The number of ether oxygens (including phenoxy) is 2. The number of aryl methyl sites for hydroxylation is 1. The minimum atomic E-state index is -0.117. The minimum absolute atomic E-state index is 0.117. The summed E-state index contributed by atoms with van der Waals surface area (Å²) in [4.78, 5) is 17.1. The molecule has 0 bridgehead atoms. The van der Waals surface area contributed by atoms with E-state index in [2.05, 4.69) is 15.4 Å². The van der Waals surface area contributed by atoms with Gasteiger partial charge in [-0.25, -0.2) is 0 Å². The molecule has 7 nitrogen and oxygen atoms in total. The van der Waals surface area contributed by atoms with Crippen molar-refractivity contribution in [1.29, 1.82) is 0 Å². The van der Waals surface area contributed by atoms with Crippen LogP contribution in [0.25, 0.3) is 10.9 Å². The molecule has 0 spiro atoms. The van der Waals surface area contributed by atoms with Crippen molar-refractivity contribution in [1.82, 2.24) is 20.1 Å². The second-order valence-corrected chi connectivity index (χ2v) is 6.62. The lowest BCUT2D eigenvalue weighted by atomic mass is 10.1. The van der Waals surface area contributed by atoms with Crippen molar-refractivity contribution in [3.63, 3.8) is 0 Å². The Labute approximate surface area is 157 Å². The number of rotatable bonds is 5. The number of carbonyl (C=O) groups is 1. The first-order valence-electron chi connectivity index (χ1n) is 9.09. The second-order valence-electron chi connectivity index (χ2n) is 6.62. The predicted molar refractivity (Wildman–Crippen MR) is 101 cm³/mol. The van der Waals surface area contributed by atoms with Crippen LogP contribution in [0.5, 0.6) is 5.75 Å². The van der Waals surface area contributed by atoms with Gasteiger partial charge in [0, 0.05) is 37.9 Å². The average Bonchev–Trinajstić information content (AvgIpc) is 3.03. The molecule has 0 radical (unpaired) electrons. The Morgan fingerprint density at radius 1 is 1.30 bits per heavy atom. The summed E-state index contributed by atoms with van der Waals surface area (Å²) in [5.74, 6) is 0.565. The molecule has 1 aliphatic rings. The van der Waals surface area contributed by atoms with E-state index in [1.807, 2.05) is 36.4 Å². The summed E-state index contributed by atoms with van der Waals surface area (Å²) in [6, 6.07) is 11.4. The number of nitrogens with zero attached hydrogens (tertiary/aromatic N) is 3. The number of carbonyl (C=O) groups excluding carboxylic acids is 1. The zero-order valence-corrected chi connectivity index (χ0v) is 15.2. The third-order valence-electron chi connectivity index (χ3n) is 4.69. The SMILES string of the molecule is Cn1nc2ccc(OCc3ccccn3)cc2c1C(=O)NC1CCOCC1. The van der Waals surface area contributed by atoms with Crippen LogP contribution >= 0.6 is 0 Å². The van der Waals surface area contributed by atoms with Crippen LogP contribution in [0.3, 0.4) is 0 Å². The first kappa shape index (κ1) is 17.5. The molecule has 1 saturated heterocycles. The largest absolute Gasteiger partial charge is 0.487 e. The van der Waals surface area contributed by atoms with Crippen LogP contribution in [0.2, 0.25) is 0 Å². The highest BCUT2D eigenvalue weighted by atomic mass is 16.5. The van der Waals surface area contributed by atoms with Crippen LogP contribution in [0.1, 0.15) is 29.0 Å². The van der Waals surface area contributed by atoms with Crippen molar-refractivity contribution in [2.45, 2.75) is 25.5 Å². The van der Waals surface area contributed by atoms with E-state index in [0.717, 1.165) is 29.4 Å². The molecule has 0 unspecified atom stereocenters. The van der Waals surface area contributed by atoms with E-state index in [1.165, 1.54) is 0 Å². The molecule has 1 aromatic carbocycles. The molecule has 3 heterocycles. The maximum Gasteiger partial charge on any atom is 0.270 e. The molecule has 2 aromatic heterocycles. The molecule has 1 fully saturated rings. The highest BCUT2D eigenvalue weighted by Crippen LogP contribution is 2.24. The molecule has 27 heavy (non-hydrogen) atoms. The van der Waals surface area contributed by atoms with Gasteiger partial charge in [0.1, 0.15) is 18.1 Å². The summed E-state index contributed by atoms with van der Waals surface area (Å²) in [7, 11) is 1.79. The van der Waals surface area contributed by atoms with E-state index in [9.17, 15) is 4.79 Å². The van der Waals surface area contributed by atoms with Gasteiger partial charge >= 0.3 is 0 Å². The van der Waals surface area contributed by atoms with Crippen molar-refractivity contribution in [2.75, 3.05) is 13.2 Å². The molecule has 7 heteroatoms. The smallest absolute Gasteiger partial charge is 0.270 e. The van der Waals surface area contributed by atoms with Crippen molar-refractivity contribution < 1.29 is 14.3 Å². The van der Waals surface area contributed by atoms with Crippen LogP contribution in [0, 0.1) is 0 Å². The van der Waals surface area contributed by atoms with Gasteiger partial charge in [0.2, 0.25) is 0 Å². The molecule has 4 rings (SSSR count). The third-order valence-corrected chi connectivity index (χ3v) is 4.69. The molecule has 140 valence electrons. The normalized spacial score (nSPS) is 15.0. The molecule has 1 amide bonds. The minimum Gasteiger partial charge on any atom is -0.487 e. The van der Waals surface area contributed by atoms with Gasteiger partial charge in [-0.3, -0.25) is 14.5 Å². The Kier molecular flexibility index (Phi) is 5.02. The number of nitrogens with one attached hydrogen (secondary N) is 1. The molecule has 1 N–H and O–H groups in total. The van der Waals surface area contributed by atoms with Crippen molar-refractivity contribution in [2.24, 2.45) is 7.05 Å². The summed E-state index contributed by atoms with van der Waals surface area (Å²) in [6.07, 6.45) is 3.40. The fourth-order valence-electron chi connectivity index (χ4n) is 3.27. The number of hydrogen-bond donors (Lipinski definition) is 1. The standard InChI is InChI=1S/C20H22N4O3/c1-24-19(20(25)22-14-7-10-26-11-8-14)17-12-16(5-6-18(17)23-24)27-13-15-4-2-3-9-21-15/h2-6,9,12,14H,7-8,10-11,13H2,1H3,(H,22,25). The van der Waals surface area contributed by atoms with Crippen LogP contribution in [-0.2, 0) is 18.4 Å². The van der Waals surface area contributed by atoms with Gasteiger partial charge in [0.05, 0.1) is 11.2 Å². The summed E-state index contributed by atoms with van der Waals surface area (Å²) in [5.41, 5.74) is 2.15. The van der Waals surface area contributed by atoms with E-state index in [0.29, 0.717) is 31.3 Å². The quantitative estimate of drug-likeness (QED) is 0.750. The van der Waals surface area contributed by atoms with Gasteiger partial charge in [-0.15, -0.1) is 0 Å². The topological polar surface area (TPSA) is 78.3 Å². The zero-order chi connectivity index (χ0) is 18.6. The first-order chi connectivity index (χ1) is 13.2. The van der Waals surface area contributed by atoms with Crippen LogP contribution in [-0.4, -0.2) is 39.9 Å². The number of aromatic nitrogens is 3. The second kappa shape index (κ2) is 7.75. The van der Waals surface area contributed by atoms with E-state index in [1.54, 1.807) is 17.9 Å². The number of hydrogen-bond acceptors (Lipinski definition) is 5. The van der Waals surface area contributed by atoms with Gasteiger partial charge in [0.25, 0.3) is 5.91 Å². The lowest BCUT2D eigenvalue weighted by Gasteiger charge is -2.23. The lowest BCUT2D eigenvalue weighted by molar-refractivity contribution is 0.0693. The number of benzene rings is 1. The van der Waals surface area contributed by atoms with E-state index in [4.69, 9.17) is 9.47 Å². The van der Waals surface area contributed by atoms with Gasteiger partial charge in [-0.05, 0) is 43.2 Å². The van der Waals surface area contributed by atoms with Gasteiger partial charge in [-0.2, -0.15) is 5.10 Å². The number of fused-ring (bicyclic) bond motifs is 1. The molecule has 3 aromatic rings. The molecule has 1 aliphatic heterocycles. The Bertz CT molecular complexity index is 933.